The number of para-hydroxylation sites is 1. The van der Waals surface area contributed by atoms with Crippen LogP contribution in [-0.4, -0.2) is 62.8 Å². The molecule has 3 aliphatic heterocycles. The van der Waals surface area contributed by atoms with Gasteiger partial charge in [-0.3, -0.25) is 9.59 Å². The maximum Gasteiger partial charge on any atom is 0.264 e. The Hall–Kier alpha value is -3.46. The molecule has 1 N–H and O–H groups in total. The van der Waals surface area contributed by atoms with Crippen molar-refractivity contribution < 1.29 is 24.2 Å². The third-order valence-electron chi connectivity index (χ3n) is 10.1. The fourth-order valence-electron chi connectivity index (χ4n) is 7.91. The molecule has 1 spiro atoms. The zero-order chi connectivity index (χ0) is 29.8. The van der Waals surface area contributed by atoms with E-state index in [9.17, 15) is 14.7 Å². The molecule has 3 aromatic rings. The molecule has 0 saturated carbocycles. The number of aliphatic hydroxyl groups excluding tert-OH is 1. The predicted molar refractivity (Wildman–Crippen MR) is 166 cm³/mol. The van der Waals surface area contributed by atoms with Crippen molar-refractivity contribution >= 4 is 30.8 Å². The lowest BCUT2D eigenvalue weighted by molar-refractivity contribution is -0.150. The summed E-state index contributed by atoms with van der Waals surface area (Å²) in [6, 6.07) is 23.9. The number of aliphatic hydroxyl groups is 1. The molecule has 5 atom stereocenters. The number of anilines is 1. The number of carbonyl (C=O) groups is 2. The molecule has 1 fully saturated rings. The molecule has 1 saturated heterocycles. The summed E-state index contributed by atoms with van der Waals surface area (Å²) in [6.45, 7) is 7.13. The standard InChI is InChI=1S/C34H40N2O5Si/c1-22-32(42(4,5)27-16-14-26(40-3)15-17-27)30(41-34(22)28-12-8-9-13-29(28)35(2)33(34)39)19-31(38)36-20-24-11-7-6-10-23(24)18-25(36)21-37/h6-17,22,25,30,32,37H,18-21H2,1-5H3/t22-,25-,30+,32-,34+/m0/s1. The van der Waals surface area contributed by atoms with Crippen molar-refractivity contribution in [3.8, 4) is 5.75 Å². The van der Waals surface area contributed by atoms with E-state index in [4.69, 9.17) is 9.47 Å². The fraction of sp³-hybridized carbons (Fsp3) is 0.412. The summed E-state index contributed by atoms with van der Waals surface area (Å²) >= 11 is 0. The van der Waals surface area contributed by atoms with Crippen LogP contribution in [0.15, 0.2) is 72.8 Å². The number of hydrogen-bond donors (Lipinski definition) is 1. The highest BCUT2D eigenvalue weighted by Crippen LogP contribution is 2.59. The van der Waals surface area contributed by atoms with Crippen molar-refractivity contribution in [2.24, 2.45) is 5.92 Å². The van der Waals surface area contributed by atoms with Gasteiger partial charge in [-0.05, 0) is 41.3 Å². The van der Waals surface area contributed by atoms with E-state index in [1.54, 1.807) is 12.0 Å². The number of methoxy groups -OCH3 is 1. The maximum atomic E-state index is 14.2. The first kappa shape index (κ1) is 28.6. The molecule has 0 aliphatic carbocycles. The predicted octanol–water partition coefficient (Wildman–Crippen LogP) is 4.22. The van der Waals surface area contributed by atoms with Gasteiger partial charge in [-0.2, -0.15) is 0 Å². The van der Waals surface area contributed by atoms with Crippen molar-refractivity contribution in [2.45, 2.75) is 62.7 Å². The van der Waals surface area contributed by atoms with Crippen LogP contribution in [0.3, 0.4) is 0 Å². The summed E-state index contributed by atoms with van der Waals surface area (Å²) in [5.74, 6) is 0.517. The summed E-state index contributed by atoms with van der Waals surface area (Å²) in [4.78, 5) is 31.8. The molecule has 6 rings (SSSR count). The topological polar surface area (TPSA) is 79.3 Å². The molecule has 3 aliphatic rings. The second-order valence-electron chi connectivity index (χ2n) is 12.6. The van der Waals surface area contributed by atoms with Crippen molar-refractivity contribution in [2.75, 3.05) is 25.7 Å². The van der Waals surface area contributed by atoms with Crippen molar-refractivity contribution in [1.29, 1.82) is 0 Å². The molecule has 0 unspecified atom stereocenters. The zero-order valence-electron chi connectivity index (χ0n) is 25.0. The average Bonchev–Trinajstić information content (AvgIpc) is 3.42. The van der Waals surface area contributed by atoms with Crippen molar-refractivity contribution in [1.82, 2.24) is 4.90 Å². The van der Waals surface area contributed by atoms with Gasteiger partial charge in [0.2, 0.25) is 5.91 Å². The fourth-order valence-corrected chi connectivity index (χ4v) is 11.9. The number of benzene rings is 3. The third kappa shape index (κ3) is 4.30. The third-order valence-corrected chi connectivity index (χ3v) is 14.5. The first-order valence-electron chi connectivity index (χ1n) is 14.8. The van der Waals surface area contributed by atoms with Crippen molar-refractivity contribution in [3.63, 3.8) is 0 Å². The van der Waals surface area contributed by atoms with Gasteiger partial charge in [-0.25, -0.2) is 0 Å². The van der Waals surface area contributed by atoms with E-state index in [-0.39, 0.29) is 42.3 Å². The second kappa shape index (κ2) is 10.7. The minimum atomic E-state index is -2.35. The molecule has 0 radical (unpaired) electrons. The Morgan fingerprint density at radius 3 is 2.40 bits per heavy atom. The summed E-state index contributed by atoms with van der Waals surface area (Å²) in [5.41, 5.74) is 2.85. The van der Waals surface area contributed by atoms with Crippen LogP contribution in [0.25, 0.3) is 0 Å². The van der Waals surface area contributed by atoms with Gasteiger partial charge in [0, 0.05) is 25.1 Å². The van der Waals surface area contributed by atoms with E-state index in [0.29, 0.717) is 13.0 Å². The first-order chi connectivity index (χ1) is 20.1. The van der Waals surface area contributed by atoms with E-state index in [0.717, 1.165) is 22.6 Å². The van der Waals surface area contributed by atoms with Gasteiger partial charge in [0.1, 0.15) is 5.75 Å². The van der Waals surface area contributed by atoms with Crippen LogP contribution in [-0.2, 0) is 32.9 Å². The highest BCUT2D eigenvalue weighted by molar-refractivity contribution is 6.91. The minimum Gasteiger partial charge on any atom is -0.497 e. The Morgan fingerprint density at radius 2 is 1.71 bits per heavy atom. The van der Waals surface area contributed by atoms with Gasteiger partial charge in [0.25, 0.3) is 5.91 Å². The number of amides is 2. The SMILES string of the molecule is COc1ccc([Si](C)(C)[C@@H]2[C@@H](CC(=O)N3Cc4ccccc4C[C@H]3CO)O[C@]3(C(=O)N(C)c4ccccc43)[C@H]2C)cc1. The van der Waals surface area contributed by atoms with E-state index < -0.39 is 19.8 Å². The van der Waals surface area contributed by atoms with E-state index >= 15 is 0 Å². The van der Waals surface area contributed by atoms with E-state index in [1.165, 1.54) is 10.8 Å². The van der Waals surface area contributed by atoms with Gasteiger partial charge in [-0.1, -0.05) is 79.8 Å². The second-order valence-corrected chi connectivity index (χ2v) is 17.3. The van der Waals surface area contributed by atoms with Crippen LogP contribution >= 0.6 is 0 Å². The van der Waals surface area contributed by atoms with E-state index in [1.807, 2.05) is 60.5 Å². The number of likely N-dealkylation sites (N-methyl/N-ethyl adjacent to an activating group) is 1. The van der Waals surface area contributed by atoms with Gasteiger partial charge in [-0.15, -0.1) is 0 Å². The molecular formula is C34H40N2O5Si. The highest BCUT2D eigenvalue weighted by Gasteiger charge is 2.66. The van der Waals surface area contributed by atoms with Crippen LogP contribution in [0, 0.1) is 5.92 Å². The van der Waals surface area contributed by atoms with Crippen LogP contribution in [0.2, 0.25) is 18.6 Å². The molecular weight excluding hydrogens is 544 g/mol. The molecule has 0 aromatic heterocycles. The number of nitrogens with zero attached hydrogens (tertiary/aromatic N) is 2. The van der Waals surface area contributed by atoms with Gasteiger partial charge < -0.3 is 24.4 Å². The zero-order valence-corrected chi connectivity index (χ0v) is 26.0. The quantitative estimate of drug-likeness (QED) is 0.439. The van der Waals surface area contributed by atoms with Crippen LogP contribution in [0.5, 0.6) is 5.75 Å². The molecule has 42 heavy (non-hydrogen) atoms. The van der Waals surface area contributed by atoms with Gasteiger partial charge in [0.15, 0.2) is 5.60 Å². The lowest BCUT2D eigenvalue weighted by atomic mass is 9.82. The molecule has 7 nitrogen and oxygen atoms in total. The van der Waals surface area contributed by atoms with Crippen LogP contribution in [0.4, 0.5) is 5.69 Å². The summed E-state index contributed by atoms with van der Waals surface area (Å²) in [6.07, 6.45) is 0.314. The molecule has 2 amide bonds. The first-order valence-corrected chi connectivity index (χ1v) is 17.9. The highest BCUT2D eigenvalue weighted by atomic mass is 28.3. The average molecular weight is 585 g/mol. The summed E-state index contributed by atoms with van der Waals surface area (Å²) in [5, 5.41) is 11.5. The number of fused-ring (bicyclic) bond motifs is 3. The van der Waals surface area contributed by atoms with Crippen molar-refractivity contribution in [3.05, 3.63) is 89.5 Å². The Balaban J connectivity index is 1.40. The molecule has 3 aromatic carbocycles. The number of rotatable bonds is 6. The Kier molecular flexibility index (Phi) is 7.28. The Bertz CT molecular complexity index is 1510. The monoisotopic (exact) mass is 584 g/mol. The van der Waals surface area contributed by atoms with Crippen LogP contribution in [0.1, 0.15) is 30.0 Å². The number of hydrogen-bond acceptors (Lipinski definition) is 5. The molecule has 3 heterocycles. The summed E-state index contributed by atoms with van der Waals surface area (Å²) in [7, 11) is 1.12. The lowest BCUT2D eigenvalue weighted by Crippen LogP contribution is -2.52. The maximum absolute atomic E-state index is 14.2. The molecule has 8 heteroatoms. The summed E-state index contributed by atoms with van der Waals surface area (Å²) < 4.78 is 12.4. The number of ether oxygens (including phenoxy) is 2. The van der Waals surface area contributed by atoms with E-state index in [2.05, 4.69) is 44.3 Å². The Labute approximate surface area is 249 Å². The normalized spacial score (nSPS) is 26.9. The smallest absolute Gasteiger partial charge is 0.264 e. The largest absolute Gasteiger partial charge is 0.497 e. The Morgan fingerprint density at radius 1 is 1.05 bits per heavy atom. The van der Waals surface area contributed by atoms with Gasteiger partial charge in [0.05, 0.1) is 46.0 Å². The number of carbonyl (C=O) groups excluding carboxylic acids is 2. The van der Waals surface area contributed by atoms with Crippen LogP contribution < -0.4 is 14.8 Å². The molecule has 220 valence electrons. The minimum absolute atomic E-state index is 0.0250. The van der Waals surface area contributed by atoms with Gasteiger partial charge >= 0.3 is 0 Å². The lowest BCUT2D eigenvalue weighted by Gasteiger charge is -2.39. The molecule has 0 bridgehead atoms.